The number of aliphatic hydroxyl groups is 1. The molecule has 0 aliphatic heterocycles. The summed E-state index contributed by atoms with van der Waals surface area (Å²) < 4.78 is 1.55. The molecule has 1 amide bonds. The van der Waals surface area contributed by atoms with Gasteiger partial charge in [-0.05, 0) is 92.2 Å². The number of aromatic nitrogens is 1. The van der Waals surface area contributed by atoms with E-state index in [1.165, 1.54) is 38.5 Å². The molecule has 1 spiro atoms. The minimum Gasteiger partial charge on any atom is -0.394 e. The minimum absolute atomic E-state index is 0.0888. The van der Waals surface area contributed by atoms with E-state index in [1.54, 1.807) is 16.8 Å². The summed E-state index contributed by atoms with van der Waals surface area (Å²) in [6, 6.07) is 7.10. The van der Waals surface area contributed by atoms with E-state index in [2.05, 4.69) is 5.32 Å². The maximum absolute atomic E-state index is 13.2. The Balaban J connectivity index is 1.27. The largest absolute Gasteiger partial charge is 0.394 e. The van der Waals surface area contributed by atoms with Crippen LogP contribution in [0.1, 0.15) is 57.9 Å². The van der Waals surface area contributed by atoms with Crippen molar-refractivity contribution in [1.82, 2.24) is 4.57 Å². The fourth-order valence-electron chi connectivity index (χ4n) is 8.23. The van der Waals surface area contributed by atoms with Crippen LogP contribution >= 0.6 is 0 Å². The van der Waals surface area contributed by atoms with Gasteiger partial charge in [0.15, 0.2) is 0 Å². The molecule has 4 aliphatic carbocycles. The van der Waals surface area contributed by atoms with Crippen molar-refractivity contribution in [3.63, 3.8) is 0 Å². The molecule has 158 valence electrons. The summed E-state index contributed by atoms with van der Waals surface area (Å²) in [4.78, 5) is 26.0. The van der Waals surface area contributed by atoms with Gasteiger partial charge in [0, 0.05) is 29.1 Å². The zero-order valence-corrected chi connectivity index (χ0v) is 17.6. The van der Waals surface area contributed by atoms with Crippen LogP contribution in [-0.4, -0.2) is 22.2 Å². The topological polar surface area (TPSA) is 71.3 Å². The fourth-order valence-corrected chi connectivity index (χ4v) is 8.23. The molecule has 4 saturated carbocycles. The molecule has 1 heterocycles. The molecule has 1 aromatic heterocycles. The number of anilines is 1. The van der Waals surface area contributed by atoms with Gasteiger partial charge in [-0.2, -0.15) is 0 Å². The molecule has 30 heavy (non-hydrogen) atoms. The number of benzene rings is 1. The van der Waals surface area contributed by atoms with Crippen LogP contribution in [0.4, 0.5) is 5.69 Å². The third kappa shape index (κ3) is 2.33. The molecule has 6 rings (SSSR count). The molecular formula is C25H30N2O3. The van der Waals surface area contributed by atoms with E-state index in [-0.39, 0.29) is 29.5 Å². The molecule has 6 unspecified atom stereocenters. The average molecular weight is 407 g/mol. The molecule has 2 N–H and O–H groups in total. The Morgan fingerprint density at radius 3 is 2.83 bits per heavy atom. The van der Waals surface area contributed by atoms with Gasteiger partial charge in [0.05, 0.1) is 12.6 Å². The predicted molar refractivity (Wildman–Crippen MR) is 116 cm³/mol. The van der Waals surface area contributed by atoms with E-state index in [0.717, 1.165) is 23.1 Å². The van der Waals surface area contributed by atoms with Gasteiger partial charge in [-0.3, -0.25) is 9.59 Å². The number of aliphatic hydroxyl groups excluding tert-OH is 1. The lowest BCUT2D eigenvalue weighted by Gasteiger charge is -2.59. The van der Waals surface area contributed by atoms with Gasteiger partial charge >= 0.3 is 0 Å². The SMILES string of the molecule is CC(CO)n1ccc2c(NC(=O)CC34CC5CC6CC(C3)C4(C6)C5)cccc2c1=O. The molecule has 4 aliphatic rings. The van der Waals surface area contributed by atoms with Gasteiger partial charge in [0.2, 0.25) is 5.91 Å². The lowest BCUT2D eigenvalue weighted by atomic mass is 9.45. The van der Waals surface area contributed by atoms with E-state index >= 15 is 0 Å². The Labute approximate surface area is 176 Å². The van der Waals surface area contributed by atoms with Gasteiger partial charge < -0.3 is 15.0 Å². The zero-order chi connectivity index (χ0) is 20.7. The third-order valence-electron chi connectivity index (χ3n) is 9.23. The van der Waals surface area contributed by atoms with Crippen molar-refractivity contribution in [2.24, 2.45) is 28.6 Å². The van der Waals surface area contributed by atoms with Gasteiger partial charge in [-0.1, -0.05) is 6.07 Å². The van der Waals surface area contributed by atoms with E-state index in [4.69, 9.17) is 0 Å². The molecule has 0 radical (unpaired) electrons. The third-order valence-corrected chi connectivity index (χ3v) is 9.23. The van der Waals surface area contributed by atoms with E-state index < -0.39 is 0 Å². The monoisotopic (exact) mass is 406 g/mol. The molecule has 0 saturated heterocycles. The van der Waals surface area contributed by atoms with Crippen molar-refractivity contribution in [1.29, 1.82) is 0 Å². The summed E-state index contributed by atoms with van der Waals surface area (Å²) in [5.74, 6) is 2.72. The Hall–Kier alpha value is -2.14. The first-order valence-corrected chi connectivity index (χ1v) is 11.5. The number of pyridine rings is 1. The smallest absolute Gasteiger partial charge is 0.258 e. The van der Waals surface area contributed by atoms with E-state index in [9.17, 15) is 14.7 Å². The van der Waals surface area contributed by atoms with Gasteiger partial charge in [0.1, 0.15) is 0 Å². The van der Waals surface area contributed by atoms with Gasteiger partial charge in [-0.15, -0.1) is 0 Å². The Bertz CT molecular complexity index is 1100. The lowest BCUT2D eigenvalue weighted by molar-refractivity contribution is -0.136. The van der Waals surface area contributed by atoms with Gasteiger partial charge in [0.25, 0.3) is 5.56 Å². The number of amides is 1. The quantitative estimate of drug-likeness (QED) is 0.785. The van der Waals surface area contributed by atoms with E-state index in [1.807, 2.05) is 25.1 Å². The van der Waals surface area contributed by atoms with Crippen LogP contribution in [0.5, 0.6) is 0 Å². The molecule has 3 bridgehead atoms. The standard InChI is InChI=1S/C25H30N2O3/c1-15(14-28)27-6-5-19-20(23(27)30)3-2-4-21(19)26-22(29)13-24-9-17-7-16-8-18(12-24)25(24,10-16)11-17/h2-6,15-18,28H,7-14H2,1H3,(H,26,29). The molecule has 1 aromatic carbocycles. The number of rotatable bonds is 5. The summed E-state index contributed by atoms with van der Waals surface area (Å²) in [7, 11) is 0. The van der Waals surface area contributed by atoms with Crippen LogP contribution in [0.2, 0.25) is 0 Å². The average Bonchev–Trinajstić information content (AvgIpc) is 3.03. The van der Waals surface area contributed by atoms with Crippen molar-refractivity contribution in [3.05, 3.63) is 40.8 Å². The minimum atomic E-state index is -0.276. The second-order valence-corrected chi connectivity index (χ2v) is 10.7. The summed E-state index contributed by atoms with van der Waals surface area (Å²) in [5, 5.41) is 13.9. The van der Waals surface area contributed by atoms with Crippen LogP contribution in [0.25, 0.3) is 10.8 Å². The molecule has 2 aromatic rings. The highest BCUT2D eigenvalue weighted by Crippen LogP contribution is 2.82. The van der Waals surface area contributed by atoms with Crippen molar-refractivity contribution in [3.8, 4) is 0 Å². The van der Waals surface area contributed by atoms with Crippen LogP contribution in [0, 0.1) is 28.6 Å². The molecule has 6 atom stereocenters. The summed E-state index contributed by atoms with van der Waals surface area (Å²) in [6.45, 7) is 1.73. The van der Waals surface area contributed by atoms with Crippen molar-refractivity contribution < 1.29 is 9.90 Å². The highest BCUT2D eigenvalue weighted by Gasteiger charge is 2.74. The van der Waals surface area contributed by atoms with Crippen molar-refractivity contribution in [2.45, 2.75) is 57.9 Å². The first-order chi connectivity index (χ1) is 14.4. The normalized spacial score (nSPS) is 36.5. The maximum atomic E-state index is 13.2. The first-order valence-electron chi connectivity index (χ1n) is 11.5. The number of hydrogen-bond acceptors (Lipinski definition) is 3. The van der Waals surface area contributed by atoms with E-state index in [0.29, 0.717) is 22.9 Å². The molecular weight excluding hydrogens is 376 g/mol. The maximum Gasteiger partial charge on any atom is 0.258 e. The van der Waals surface area contributed by atoms with Gasteiger partial charge in [-0.25, -0.2) is 0 Å². The first kappa shape index (κ1) is 18.6. The van der Waals surface area contributed by atoms with Crippen LogP contribution in [0.3, 0.4) is 0 Å². The Kier molecular flexibility index (Phi) is 3.84. The number of hydrogen-bond donors (Lipinski definition) is 2. The second kappa shape index (κ2) is 6.19. The highest BCUT2D eigenvalue weighted by molar-refractivity contribution is 6.02. The Morgan fingerprint density at radius 2 is 2.00 bits per heavy atom. The van der Waals surface area contributed by atoms with Crippen molar-refractivity contribution in [2.75, 3.05) is 11.9 Å². The van der Waals surface area contributed by atoms with Crippen LogP contribution < -0.4 is 10.9 Å². The Morgan fingerprint density at radius 1 is 1.17 bits per heavy atom. The van der Waals surface area contributed by atoms with Crippen molar-refractivity contribution >= 4 is 22.4 Å². The lowest BCUT2D eigenvalue weighted by Crippen LogP contribution is -2.53. The number of nitrogens with one attached hydrogen (secondary N) is 1. The summed E-state index contributed by atoms with van der Waals surface area (Å²) >= 11 is 0. The second-order valence-electron chi connectivity index (χ2n) is 10.7. The molecule has 5 heteroatoms. The fraction of sp³-hybridized carbons (Fsp3) is 0.600. The number of fused-ring (bicyclic) bond motifs is 3. The number of nitrogens with zero attached hydrogens (tertiary/aromatic N) is 1. The highest BCUT2D eigenvalue weighted by atomic mass is 16.3. The van der Waals surface area contributed by atoms with Crippen LogP contribution in [0.15, 0.2) is 35.3 Å². The molecule has 4 fully saturated rings. The predicted octanol–water partition coefficient (Wildman–Crippen LogP) is 4.10. The zero-order valence-electron chi connectivity index (χ0n) is 17.6. The number of carbonyl (C=O) groups is 1. The summed E-state index contributed by atoms with van der Waals surface area (Å²) in [5.41, 5.74) is 1.27. The van der Waals surface area contributed by atoms with Crippen LogP contribution in [-0.2, 0) is 4.79 Å². The summed E-state index contributed by atoms with van der Waals surface area (Å²) in [6.07, 6.45) is 10.3. The molecule has 5 nitrogen and oxygen atoms in total. The number of carbonyl (C=O) groups excluding carboxylic acids is 1.